The van der Waals surface area contributed by atoms with Gasteiger partial charge in [-0.05, 0) is 50.1 Å². The molecule has 0 aliphatic carbocycles. The molecule has 0 bridgehead atoms. The molecule has 0 spiro atoms. The second-order valence-electron chi connectivity index (χ2n) is 6.19. The van der Waals surface area contributed by atoms with E-state index in [0.717, 1.165) is 16.8 Å². The Hall–Kier alpha value is -2.60. The molecule has 0 saturated heterocycles. The third-order valence-corrected chi connectivity index (χ3v) is 6.42. The van der Waals surface area contributed by atoms with Crippen molar-refractivity contribution in [3.05, 3.63) is 71.2 Å². The van der Waals surface area contributed by atoms with Crippen LogP contribution in [0.25, 0.3) is 0 Å². The molecule has 0 fully saturated rings. The van der Waals surface area contributed by atoms with Crippen LogP contribution in [0.4, 0.5) is 5.82 Å². The molecule has 0 atom stereocenters. The smallest absolute Gasteiger partial charge is 0.210 e. The van der Waals surface area contributed by atoms with Gasteiger partial charge in [0.1, 0.15) is 10.7 Å². The minimum absolute atomic E-state index is 0.192. The number of aromatic nitrogens is 2. The molecule has 0 unspecified atom stereocenters. The lowest BCUT2D eigenvalue weighted by molar-refractivity contribution is 0.596. The van der Waals surface area contributed by atoms with Crippen LogP contribution < -0.4 is 5.73 Å². The highest BCUT2D eigenvalue weighted by molar-refractivity contribution is 7.91. The second kappa shape index (κ2) is 6.37. The van der Waals surface area contributed by atoms with E-state index in [9.17, 15) is 8.42 Å². The van der Waals surface area contributed by atoms with Gasteiger partial charge in [-0.25, -0.2) is 8.42 Å². The van der Waals surface area contributed by atoms with E-state index in [4.69, 9.17) is 5.73 Å². The molecule has 0 aliphatic rings. The second-order valence-corrected chi connectivity index (χ2v) is 8.08. The Balaban J connectivity index is 2.11. The molecule has 130 valence electrons. The summed E-state index contributed by atoms with van der Waals surface area (Å²) in [7, 11) is -3.67. The summed E-state index contributed by atoms with van der Waals surface area (Å²) in [5.74, 6) is 0.263. The molecule has 0 amide bonds. The summed E-state index contributed by atoms with van der Waals surface area (Å²) in [6.07, 6.45) is 3.45. The molecule has 6 heteroatoms. The Kier molecular flexibility index (Phi) is 4.39. The van der Waals surface area contributed by atoms with Gasteiger partial charge in [0.15, 0.2) is 0 Å². The zero-order valence-corrected chi connectivity index (χ0v) is 15.3. The zero-order valence-electron chi connectivity index (χ0n) is 14.5. The first kappa shape index (κ1) is 17.2. The van der Waals surface area contributed by atoms with E-state index in [1.54, 1.807) is 43.6 Å². The highest BCUT2D eigenvalue weighted by Crippen LogP contribution is 2.33. The van der Waals surface area contributed by atoms with E-state index in [1.807, 2.05) is 30.5 Å². The fraction of sp³-hybridized carbons (Fsp3) is 0.211. The van der Waals surface area contributed by atoms with Crippen molar-refractivity contribution in [2.75, 3.05) is 5.73 Å². The summed E-state index contributed by atoms with van der Waals surface area (Å²) in [6.45, 7) is 6.09. The van der Waals surface area contributed by atoms with E-state index in [1.165, 1.54) is 0 Å². The molecular formula is C19H21N3O2S. The van der Waals surface area contributed by atoms with Crippen LogP contribution in [0.2, 0.25) is 0 Å². The van der Waals surface area contributed by atoms with Crippen LogP contribution in [-0.2, 0) is 16.4 Å². The van der Waals surface area contributed by atoms with Gasteiger partial charge in [0, 0.05) is 18.1 Å². The number of hydrogen-bond donors (Lipinski definition) is 1. The van der Waals surface area contributed by atoms with Gasteiger partial charge in [0.05, 0.1) is 11.4 Å². The first-order valence-corrected chi connectivity index (χ1v) is 9.46. The molecule has 5 nitrogen and oxygen atoms in total. The predicted octanol–water partition coefficient (Wildman–Crippen LogP) is 3.27. The molecule has 0 radical (unpaired) electrons. The quantitative estimate of drug-likeness (QED) is 0.779. The van der Waals surface area contributed by atoms with Crippen LogP contribution in [-0.4, -0.2) is 18.0 Å². The van der Waals surface area contributed by atoms with Crippen LogP contribution in [0.3, 0.4) is 0 Å². The number of anilines is 1. The van der Waals surface area contributed by atoms with Crippen molar-refractivity contribution < 1.29 is 8.42 Å². The number of nitrogens with two attached hydrogens (primary N) is 1. The minimum Gasteiger partial charge on any atom is -0.384 e. The summed E-state index contributed by atoms with van der Waals surface area (Å²) in [6, 6.07) is 10.6. The lowest BCUT2D eigenvalue weighted by Crippen LogP contribution is -2.09. The van der Waals surface area contributed by atoms with Crippen LogP contribution >= 0.6 is 0 Å². The molecule has 2 N–H and O–H groups in total. The molecule has 2 aromatic heterocycles. The van der Waals surface area contributed by atoms with Gasteiger partial charge < -0.3 is 10.3 Å². The predicted molar refractivity (Wildman–Crippen MR) is 98.3 cm³/mol. The summed E-state index contributed by atoms with van der Waals surface area (Å²) in [4.78, 5) is 4.55. The lowest BCUT2D eigenvalue weighted by Gasteiger charge is -2.10. The first-order valence-electron chi connectivity index (χ1n) is 7.98. The Morgan fingerprint density at radius 2 is 1.76 bits per heavy atom. The number of benzene rings is 1. The number of aryl methyl sites for hydroxylation is 1. The number of hydrogen-bond acceptors (Lipinski definition) is 4. The Labute approximate surface area is 148 Å². The van der Waals surface area contributed by atoms with Crippen LogP contribution in [0, 0.1) is 20.8 Å². The largest absolute Gasteiger partial charge is 0.384 e. The number of pyridine rings is 1. The van der Waals surface area contributed by atoms with Crippen molar-refractivity contribution in [3.8, 4) is 0 Å². The first-order chi connectivity index (χ1) is 11.8. The van der Waals surface area contributed by atoms with Gasteiger partial charge >= 0.3 is 0 Å². The maximum atomic E-state index is 13.1. The van der Waals surface area contributed by atoms with Gasteiger partial charge in [0.2, 0.25) is 9.84 Å². The highest BCUT2D eigenvalue weighted by Gasteiger charge is 2.28. The van der Waals surface area contributed by atoms with Gasteiger partial charge in [-0.3, -0.25) is 4.98 Å². The summed E-state index contributed by atoms with van der Waals surface area (Å²) in [5.41, 5.74) is 9.76. The number of sulfone groups is 1. The fourth-order valence-electron chi connectivity index (χ4n) is 2.91. The summed E-state index contributed by atoms with van der Waals surface area (Å²) < 4.78 is 28.0. The molecule has 1 aromatic carbocycles. The third-order valence-electron chi connectivity index (χ3n) is 4.48. The van der Waals surface area contributed by atoms with Crippen LogP contribution in [0.5, 0.6) is 0 Å². The number of nitrogens with zero attached hydrogens (tertiary/aromatic N) is 2. The van der Waals surface area contributed by atoms with Crippen molar-refractivity contribution in [2.45, 2.75) is 37.1 Å². The van der Waals surface area contributed by atoms with Crippen molar-refractivity contribution in [3.63, 3.8) is 0 Å². The standard InChI is InChI=1S/C19H21N3O2S/c1-13-6-8-17(9-7-13)25(23,24)18-14(2)15(3)22(19(18)20)12-16-5-4-10-21-11-16/h4-11H,12,20H2,1-3H3. The van der Waals surface area contributed by atoms with Crippen LogP contribution in [0.15, 0.2) is 58.6 Å². The van der Waals surface area contributed by atoms with Gasteiger partial charge in [-0.1, -0.05) is 23.8 Å². The van der Waals surface area contributed by atoms with E-state index in [2.05, 4.69) is 4.98 Å². The van der Waals surface area contributed by atoms with E-state index >= 15 is 0 Å². The maximum Gasteiger partial charge on any atom is 0.210 e. The van der Waals surface area contributed by atoms with E-state index in [-0.39, 0.29) is 15.6 Å². The van der Waals surface area contributed by atoms with Gasteiger partial charge in [0.25, 0.3) is 0 Å². The summed E-state index contributed by atoms with van der Waals surface area (Å²) in [5, 5.41) is 0. The Morgan fingerprint density at radius 1 is 1.08 bits per heavy atom. The Bertz CT molecular complexity index is 1010. The third kappa shape index (κ3) is 3.05. The monoisotopic (exact) mass is 355 g/mol. The van der Waals surface area contributed by atoms with Crippen molar-refractivity contribution in [1.29, 1.82) is 0 Å². The van der Waals surface area contributed by atoms with Crippen molar-refractivity contribution in [2.24, 2.45) is 0 Å². The molecule has 3 aromatic rings. The zero-order chi connectivity index (χ0) is 18.2. The van der Waals surface area contributed by atoms with Crippen molar-refractivity contribution >= 4 is 15.7 Å². The molecule has 3 rings (SSSR count). The molecule has 0 saturated carbocycles. The topological polar surface area (TPSA) is 78.0 Å². The van der Waals surface area contributed by atoms with Crippen molar-refractivity contribution in [1.82, 2.24) is 9.55 Å². The van der Waals surface area contributed by atoms with Gasteiger partial charge in [-0.15, -0.1) is 0 Å². The molecule has 25 heavy (non-hydrogen) atoms. The average Bonchev–Trinajstić information content (AvgIpc) is 2.80. The lowest BCUT2D eigenvalue weighted by atomic mass is 10.2. The summed E-state index contributed by atoms with van der Waals surface area (Å²) >= 11 is 0. The average molecular weight is 355 g/mol. The number of nitrogen functional groups attached to an aromatic ring is 1. The maximum absolute atomic E-state index is 13.1. The normalized spacial score (nSPS) is 11.6. The van der Waals surface area contributed by atoms with E-state index in [0.29, 0.717) is 12.1 Å². The van der Waals surface area contributed by atoms with E-state index < -0.39 is 9.84 Å². The SMILES string of the molecule is Cc1ccc(S(=O)(=O)c2c(C)c(C)n(Cc3cccnc3)c2N)cc1. The number of rotatable bonds is 4. The molecule has 0 aliphatic heterocycles. The fourth-order valence-corrected chi connectivity index (χ4v) is 4.58. The molecule has 2 heterocycles. The van der Waals surface area contributed by atoms with Gasteiger partial charge in [-0.2, -0.15) is 0 Å². The minimum atomic E-state index is -3.67. The molecular weight excluding hydrogens is 334 g/mol. The Morgan fingerprint density at radius 3 is 2.36 bits per heavy atom. The highest BCUT2D eigenvalue weighted by atomic mass is 32.2. The van der Waals surface area contributed by atoms with Crippen LogP contribution in [0.1, 0.15) is 22.4 Å².